The fourth-order valence-corrected chi connectivity index (χ4v) is 1.48. The lowest BCUT2D eigenvalue weighted by Gasteiger charge is -2.11. The van der Waals surface area contributed by atoms with Crippen LogP contribution in [0.25, 0.3) is 0 Å². The molecule has 0 heterocycles. The molecule has 0 saturated heterocycles. The minimum Gasteiger partial charge on any atom is -0.449 e. The van der Waals surface area contributed by atoms with Gasteiger partial charge in [-0.15, -0.1) is 0 Å². The third-order valence-electron chi connectivity index (χ3n) is 2.15. The zero-order valence-electron chi connectivity index (χ0n) is 10.4. The molecule has 6 heteroatoms. The minimum absolute atomic E-state index is 0.302. The maximum Gasteiger partial charge on any atom is 0.425 e. The Morgan fingerprint density at radius 3 is 2.78 bits per heavy atom. The molecule has 3 N–H and O–H groups in total. The normalized spacial score (nSPS) is 9.44. The van der Waals surface area contributed by atoms with E-state index in [1.54, 1.807) is 6.92 Å². The third kappa shape index (κ3) is 5.01. The van der Waals surface area contributed by atoms with Gasteiger partial charge in [-0.25, -0.2) is 10.2 Å². The zero-order valence-corrected chi connectivity index (χ0v) is 11.3. The number of carbonyl (C=O) groups is 1. The minimum atomic E-state index is -0.566. The van der Waals surface area contributed by atoms with E-state index in [4.69, 9.17) is 12.2 Å². The van der Waals surface area contributed by atoms with Crippen molar-refractivity contribution in [2.24, 2.45) is 0 Å². The van der Waals surface area contributed by atoms with Gasteiger partial charge < -0.3 is 10.1 Å². The van der Waals surface area contributed by atoms with Crippen molar-refractivity contribution in [1.82, 2.24) is 10.9 Å². The van der Waals surface area contributed by atoms with Gasteiger partial charge in [0.05, 0.1) is 6.61 Å². The summed E-state index contributed by atoms with van der Waals surface area (Å²) < 4.78 is 4.68. The molecule has 0 aromatic heterocycles. The number of aryl methyl sites for hydroxylation is 1. The second kappa shape index (κ2) is 7.50. The van der Waals surface area contributed by atoms with E-state index in [2.05, 4.69) is 27.8 Å². The van der Waals surface area contributed by atoms with E-state index in [1.807, 2.05) is 24.3 Å². The molecule has 0 unspecified atom stereocenters. The first-order valence-electron chi connectivity index (χ1n) is 5.74. The molecular formula is C12H17N3O2S. The van der Waals surface area contributed by atoms with Crippen LogP contribution in [0.2, 0.25) is 0 Å². The van der Waals surface area contributed by atoms with E-state index in [1.165, 1.54) is 5.56 Å². The Hall–Kier alpha value is -1.82. The number of amides is 1. The van der Waals surface area contributed by atoms with E-state index in [9.17, 15) is 4.79 Å². The van der Waals surface area contributed by atoms with Crippen molar-refractivity contribution < 1.29 is 9.53 Å². The van der Waals surface area contributed by atoms with Crippen LogP contribution in [-0.2, 0) is 11.2 Å². The van der Waals surface area contributed by atoms with E-state index in [0.29, 0.717) is 11.7 Å². The lowest BCUT2D eigenvalue weighted by molar-refractivity contribution is 0.150. The summed E-state index contributed by atoms with van der Waals surface area (Å²) in [6, 6.07) is 7.89. The zero-order chi connectivity index (χ0) is 13.4. The predicted molar refractivity (Wildman–Crippen MR) is 75.3 cm³/mol. The van der Waals surface area contributed by atoms with Gasteiger partial charge in [-0.2, -0.15) is 0 Å². The molecule has 0 fully saturated rings. The van der Waals surface area contributed by atoms with E-state index >= 15 is 0 Å². The molecule has 0 atom stereocenters. The smallest absolute Gasteiger partial charge is 0.425 e. The van der Waals surface area contributed by atoms with Crippen LogP contribution in [0.3, 0.4) is 0 Å². The molecule has 18 heavy (non-hydrogen) atoms. The summed E-state index contributed by atoms with van der Waals surface area (Å²) in [5.41, 5.74) is 6.95. The highest BCUT2D eigenvalue weighted by atomic mass is 32.1. The second-order valence-corrected chi connectivity index (χ2v) is 3.89. The molecule has 1 aromatic rings. The molecule has 98 valence electrons. The molecule has 0 radical (unpaired) electrons. The second-order valence-electron chi connectivity index (χ2n) is 3.48. The summed E-state index contributed by atoms with van der Waals surface area (Å²) >= 11 is 5.03. The van der Waals surface area contributed by atoms with E-state index in [0.717, 1.165) is 12.1 Å². The van der Waals surface area contributed by atoms with Crippen LogP contribution in [0.1, 0.15) is 19.4 Å². The number of hydrogen-bond acceptors (Lipinski definition) is 3. The summed E-state index contributed by atoms with van der Waals surface area (Å²) in [6.07, 6.45) is 0.389. The monoisotopic (exact) mass is 267 g/mol. The molecule has 5 nitrogen and oxygen atoms in total. The van der Waals surface area contributed by atoms with Gasteiger partial charge in [-0.1, -0.05) is 19.1 Å². The number of thiocarbonyl (C=S) groups is 1. The average Bonchev–Trinajstić information content (AvgIpc) is 2.37. The Bertz CT molecular complexity index is 424. The lowest BCUT2D eigenvalue weighted by Crippen LogP contribution is -2.44. The van der Waals surface area contributed by atoms with Crippen LogP contribution in [0.4, 0.5) is 10.5 Å². The number of anilines is 1. The quantitative estimate of drug-likeness (QED) is 0.579. The maximum atomic E-state index is 11.0. The van der Waals surface area contributed by atoms with E-state index < -0.39 is 6.09 Å². The topological polar surface area (TPSA) is 62.4 Å². The van der Waals surface area contributed by atoms with Crippen LogP contribution in [-0.4, -0.2) is 17.8 Å². The molecule has 1 rings (SSSR count). The van der Waals surface area contributed by atoms with Gasteiger partial charge in [0.1, 0.15) is 0 Å². The van der Waals surface area contributed by atoms with Crippen LogP contribution in [0, 0.1) is 0 Å². The number of ether oxygens (including phenoxy) is 1. The standard InChI is InChI=1S/C12H17N3O2S/c1-3-9-6-5-7-10(8-9)13-11(18)14-15-12(16)17-4-2/h5-8H,3-4H2,1-2H3,(H,15,16)(H2,13,14,18). The highest BCUT2D eigenvalue weighted by Gasteiger charge is 2.01. The number of hydrogen-bond donors (Lipinski definition) is 3. The summed E-state index contributed by atoms with van der Waals surface area (Å²) in [4.78, 5) is 11.0. The number of rotatable bonds is 3. The van der Waals surface area contributed by atoms with Gasteiger partial charge in [0, 0.05) is 5.69 Å². The van der Waals surface area contributed by atoms with Crippen molar-refractivity contribution in [3.8, 4) is 0 Å². The Morgan fingerprint density at radius 2 is 2.11 bits per heavy atom. The van der Waals surface area contributed by atoms with Gasteiger partial charge >= 0.3 is 6.09 Å². The van der Waals surface area contributed by atoms with Gasteiger partial charge in [0.2, 0.25) is 0 Å². The third-order valence-corrected chi connectivity index (χ3v) is 2.35. The number of carbonyl (C=O) groups excluding carboxylic acids is 1. The average molecular weight is 267 g/mol. The van der Waals surface area contributed by atoms with Crippen molar-refractivity contribution in [2.75, 3.05) is 11.9 Å². The van der Waals surface area contributed by atoms with Crippen molar-refractivity contribution >= 4 is 29.1 Å². The summed E-state index contributed by atoms with van der Waals surface area (Å²) in [7, 11) is 0. The van der Waals surface area contributed by atoms with Gasteiger partial charge in [-0.3, -0.25) is 5.43 Å². The predicted octanol–water partition coefficient (Wildman–Crippen LogP) is 2.20. The van der Waals surface area contributed by atoms with Crippen molar-refractivity contribution in [3.05, 3.63) is 29.8 Å². The molecule has 0 saturated carbocycles. The van der Waals surface area contributed by atoms with Crippen molar-refractivity contribution in [1.29, 1.82) is 0 Å². The van der Waals surface area contributed by atoms with Gasteiger partial charge in [0.25, 0.3) is 0 Å². The van der Waals surface area contributed by atoms with Crippen LogP contribution >= 0.6 is 12.2 Å². The van der Waals surface area contributed by atoms with Crippen LogP contribution in [0.15, 0.2) is 24.3 Å². The first-order chi connectivity index (χ1) is 8.65. The van der Waals surface area contributed by atoms with E-state index in [-0.39, 0.29) is 0 Å². The number of benzene rings is 1. The SMILES string of the molecule is CCOC(=O)NNC(=S)Nc1cccc(CC)c1. The molecule has 1 aromatic carbocycles. The lowest BCUT2D eigenvalue weighted by atomic mass is 10.1. The summed E-state index contributed by atoms with van der Waals surface area (Å²) in [6.45, 7) is 4.12. The van der Waals surface area contributed by atoms with Gasteiger partial charge in [0.15, 0.2) is 5.11 Å². The van der Waals surface area contributed by atoms with Crippen molar-refractivity contribution in [2.45, 2.75) is 20.3 Å². The van der Waals surface area contributed by atoms with Gasteiger partial charge in [-0.05, 0) is 43.3 Å². The summed E-state index contributed by atoms with van der Waals surface area (Å²) in [5.74, 6) is 0. The fourth-order valence-electron chi connectivity index (χ4n) is 1.31. The highest BCUT2D eigenvalue weighted by molar-refractivity contribution is 7.80. The molecule has 1 amide bonds. The molecule has 0 aliphatic rings. The number of hydrazine groups is 1. The fraction of sp³-hybridized carbons (Fsp3) is 0.333. The van der Waals surface area contributed by atoms with Crippen LogP contribution in [0.5, 0.6) is 0 Å². The number of nitrogens with one attached hydrogen (secondary N) is 3. The molecule has 0 aliphatic heterocycles. The molecule has 0 aliphatic carbocycles. The Kier molecular flexibility index (Phi) is 5.93. The first kappa shape index (κ1) is 14.2. The maximum absolute atomic E-state index is 11.0. The Labute approximate surface area is 112 Å². The van der Waals surface area contributed by atoms with Crippen LogP contribution < -0.4 is 16.2 Å². The summed E-state index contributed by atoms with van der Waals surface area (Å²) in [5, 5.41) is 3.27. The molecule has 0 bridgehead atoms. The first-order valence-corrected chi connectivity index (χ1v) is 6.15. The molecular weight excluding hydrogens is 250 g/mol. The molecule has 0 spiro atoms. The largest absolute Gasteiger partial charge is 0.449 e. The highest BCUT2D eigenvalue weighted by Crippen LogP contribution is 2.10. The van der Waals surface area contributed by atoms with Crippen molar-refractivity contribution in [3.63, 3.8) is 0 Å². The Balaban J connectivity index is 2.42. The Morgan fingerprint density at radius 1 is 1.33 bits per heavy atom.